The Morgan fingerprint density at radius 1 is 0.893 bits per heavy atom. The van der Waals surface area contributed by atoms with Crippen molar-refractivity contribution in [2.24, 2.45) is 0 Å². The van der Waals surface area contributed by atoms with E-state index in [4.69, 9.17) is 4.98 Å². The molecule has 0 atom stereocenters. The van der Waals surface area contributed by atoms with Crippen LogP contribution >= 0.6 is 11.8 Å². The number of thioether (sulfide) groups is 1. The Morgan fingerprint density at radius 3 is 2.50 bits per heavy atom. The molecule has 0 fully saturated rings. The molecule has 4 nitrogen and oxygen atoms in total. The Morgan fingerprint density at radius 2 is 1.71 bits per heavy atom. The maximum atomic E-state index is 5.05. The molecule has 0 radical (unpaired) electrons. The molecule has 0 unspecified atom stereocenters. The summed E-state index contributed by atoms with van der Waals surface area (Å²) in [6.07, 6.45) is 0. The number of pyridine rings is 1. The van der Waals surface area contributed by atoms with Crippen LogP contribution in [0.4, 0.5) is 5.95 Å². The average molecular weight is 387 g/mol. The molecular formula is C23H22N4S. The molecule has 28 heavy (non-hydrogen) atoms. The van der Waals surface area contributed by atoms with E-state index in [0.29, 0.717) is 5.95 Å². The van der Waals surface area contributed by atoms with Gasteiger partial charge in [0.1, 0.15) is 5.03 Å². The van der Waals surface area contributed by atoms with Crippen LogP contribution in [-0.2, 0) is 5.75 Å². The van der Waals surface area contributed by atoms with E-state index in [-0.39, 0.29) is 0 Å². The molecule has 0 bridgehead atoms. The van der Waals surface area contributed by atoms with Gasteiger partial charge in [-0.15, -0.1) is 11.8 Å². The van der Waals surface area contributed by atoms with Crippen molar-refractivity contribution in [2.75, 3.05) is 12.4 Å². The standard InChI is InChI=1S/C23H22N4S/c1-15-8-7-11-18-13-19(14-28-20-12-16(2)25-23(24-3)26-20)22(27-21(15)18)17-9-5-4-6-10-17/h4-13H,14H2,1-3H3,(H,24,25,26). The number of aromatic nitrogens is 3. The Kier molecular flexibility index (Phi) is 5.26. The lowest BCUT2D eigenvalue weighted by Gasteiger charge is -2.12. The van der Waals surface area contributed by atoms with Gasteiger partial charge in [0.2, 0.25) is 5.95 Å². The third kappa shape index (κ3) is 3.85. The monoisotopic (exact) mass is 386 g/mol. The van der Waals surface area contributed by atoms with E-state index >= 15 is 0 Å². The van der Waals surface area contributed by atoms with Gasteiger partial charge in [-0.2, -0.15) is 0 Å². The fourth-order valence-electron chi connectivity index (χ4n) is 3.22. The molecule has 0 aliphatic rings. The maximum absolute atomic E-state index is 5.05. The summed E-state index contributed by atoms with van der Waals surface area (Å²) in [4.78, 5) is 14.0. The first-order valence-electron chi connectivity index (χ1n) is 9.25. The molecule has 2 heterocycles. The van der Waals surface area contributed by atoms with Crippen molar-refractivity contribution >= 4 is 28.6 Å². The summed E-state index contributed by atoms with van der Waals surface area (Å²) in [7, 11) is 1.84. The quantitative estimate of drug-likeness (QED) is 0.355. The molecule has 0 aliphatic heterocycles. The Hall–Kier alpha value is -2.92. The number of para-hydroxylation sites is 1. The van der Waals surface area contributed by atoms with Gasteiger partial charge < -0.3 is 5.32 Å². The average Bonchev–Trinajstić information content (AvgIpc) is 2.72. The number of fused-ring (bicyclic) bond motifs is 1. The second kappa shape index (κ2) is 7.98. The summed E-state index contributed by atoms with van der Waals surface area (Å²) in [5.74, 6) is 1.44. The van der Waals surface area contributed by atoms with Gasteiger partial charge in [0.15, 0.2) is 0 Å². The lowest BCUT2D eigenvalue weighted by atomic mass is 10.0. The van der Waals surface area contributed by atoms with Crippen LogP contribution in [-0.4, -0.2) is 22.0 Å². The molecule has 0 saturated carbocycles. The van der Waals surface area contributed by atoms with Crippen LogP contribution in [0.5, 0.6) is 0 Å². The first-order chi connectivity index (χ1) is 13.6. The van der Waals surface area contributed by atoms with Gasteiger partial charge in [0.25, 0.3) is 0 Å². The number of anilines is 1. The number of nitrogens with zero attached hydrogens (tertiary/aromatic N) is 3. The summed E-state index contributed by atoms with van der Waals surface area (Å²) < 4.78 is 0. The molecule has 4 aromatic rings. The van der Waals surface area contributed by atoms with Crippen LogP contribution in [0.2, 0.25) is 0 Å². The number of benzene rings is 2. The minimum absolute atomic E-state index is 0.651. The highest BCUT2D eigenvalue weighted by Crippen LogP contribution is 2.31. The molecule has 2 aromatic carbocycles. The van der Waals surface area contributed by atoms with Crippen LogP contribution in [0.1, 0.15) is 16.8 Å². The number of hydrogen-bond acceptors (Lipinski definition) is 5. The molecule has 1 N–H and O–H groups in total. The van der Waals surface area contributed by atoms with Crippen LogP contribution in [0.25, 0.3) is 22.2 Å². The minimum atomic E-state index is 0.651. The third-order valence-electron chi connectivity index (χ3n) is 4.60. The molecule has 140 valence electrons. The topological polar surface area (TPSA) is 50.7 Å². The molecule has 0 amide bonds. The second-order valence-corrected chi connectivity index (χ2v) is 7.71. The predicted molar refractivity (Wildman–Crippen MR) is 118 cm³/mol. The van der Waals surface area contributed by atoms with E-state index in [2.05, 4.69) is 70.7 Å². The summed E-state index contributed by atoms with van der Waals surface area (Å²) in [5.41, 5.74) is 6.59. The van der Waals surface area contributed by atoms with E-state index < -0.39 is 0 Å². The number of hydrogen-bond donors (Lipinski definition) is 1. The van der Waals surface area contributed by atoms with E-state index in [0.717, 1.165) is 33.2 Å². The molecule has 0 aliphatic carbocycles. The molecule has 2 aromatic heterocycles. The van der Waals surface area contributed by atoms with Gasteiger partial charge in [0.05, 0.1) is 11.2 Å². The summed E-state index contributed by atoms with van der Waals surface area (Å²) in [6.45, 7) is 4.10. The van der Waals surface area contributed by atoms with Gasteiger partial charge in [-0.25, -0.2) is 15.0 Å². The highest BCUT2D eigenvalue weighted by molar-refractivity contribution is 7.98. The normalized spacial score (nSPS) is 11.0. The summed E-state index contributed by atoms with van der Waals surface area (Å²) >= 11 is 1.71. The lowest BCUT2D eigenvalue weighted by Crippen LogP contribution is -1.99. The molecule has 0 spiro atoms. The van der Waals surface area contributed by atoms with Gasteiger partial charge in [0, 0.05) is 29.4 Å². The van der Waals surface area contributed by atoms with Crippen LogP contribution in [0.3, 0.4) is 0 Å². The van der Waals surface area contributed by atoms with Gasteiger partial charge in [-0.1, -0.05) is 48.5 Å². The fourth-order valence-corrected chi connectivity index (χ4v) is 4.15. The van der Waals surface area contributed by atoms with Crippen molar-refractivity contribution in [3.8, 4) is 11.3 Å². The molecule has 5 heteroatoms. The zero-order valence-electron chi connectivity index (χ0n) is 16.2. The van der Waals surface area contributed by atoms with Crippen molar-refractivity contribution in [3.63, 3.8) is 0 Å². The van der Waals surface area contributed by atoms with E-state index in [1.54, 1.807) is 11.8 Å². The molecule has 4 rings (SSSR count). The van der Waals surface area contributed by atoms with E-state index in [9.17, 15) is 0 Å². The maximum Gasteiger partial charge on any atom is 0.223 e. The van der Waals surface area contributed by atoms with Crippen LogP contribution in [0.15, 0.2) is 65.7 Å². The first-order valence-corrected chi connectivity index (χ1v) is 10.2. The third-order valence-corrected chi connectivity index (χ3v) is 5.56. The van der Waals surface area contributed by atoms with Crippen molar-refractivity contribution < 1.29 is 0 Å². The fraction of sp³-hybridized carbons (Fsp3) is 0.174. The second-order valence-electron chi connectivity index (χ2n) is 6.72. The largest absolute Gasteiger partial charge is 0.357 e. The lowest BCUT2D eigenvalue weighted by molar-refractivity contribution is 1.01. The van der Waals surface area contributed by atoms with E-state index in [1.807, 2.05) is 26.1 Å². The predicted octanol–water partition coefficient (Wildman–Crippen LogP) is 5.64. The number of aryl methyl sites for hydroxylation is 2. The Labute approximate surface area is 169 Å². The number of nitrogens with one attached hydrogen (secondary N) is 1. The zero-order chi connectivity index (χ0) is 19.5. The minimum Gasteiger partial charge on any atom is -0.357 e. The smallest absolute Gasteiger partial charge is 0.223 e. The van der Waals surface area contributed by atoms with Gasteiger partial charge in [-0.3, -0.25) is 0 Å². The Bertz CT molecular complexity index is 1130. The first kappa shape index (κ1) is 18.4. The molecular weight excluding hydrogens is 364 g/mol. The zero-order valence-corrected chi connectivity index (χ0v) is 17.0. The van der Waals surface area contributed by atoms with Crippen LogP contribution < -0.4 is 5.32 Å². The van der Waals surface area contributed by atoms with Crippen molar-refractivity contribution in [2.45, 2.75) is 24.6 Å². The van der Waals surface area contributed by atoms with Crippen molar-refractivity contribution in [3.05, 3.63) is 77.5 Å². The summed E-state index contributed by atoms with van der Waals surface area (Å²) in [6, 6.07) is 21.0. The SMILES string of the molecule is CNc1nc(C)cc(SCc2cc3cccc(C)c3nc2-c2ccccc2)n1. The Balaban J connectivity index is 1.76. The number of rotatable bonds is 5. The van der Waals surface area contributed by atoms with Crippen molar-refractivity contribution in [1.82, 2.24) is 15.0 Å². The van der Waals surface area contributed by atoms with Crippen molar-refractivity contribution in [1.29, 1.82) is 0 Å². The van der Waals surface area contributed by atoms with Gasteiger partial charge in [-0.05, 0) is 37.1 Å². The van der Waals surface area contributed by atoms with E-state index in [1.165, 1.54) is 16.5 Å². The highest BCUT2D eigenvalue weighted by Gasteiger charge is 2.12. The molecule has 0 saturated heterocycles. The van der Waals surface area contributed by atoms with Crippen LogP contribution in [0, 0.1) is 13.8 Å². The summed E-state index contributed by atoms with van der Waals surface area (Å²) in [5, 5.41) is 5.16. The highest BCUT2D eigenvalue weighted by atomic mass is 32.2. The van der Waals surface area contributed by atoms with Gasteiger partial charge >= 0.3 is 0 Å².